The molecule has 2 heterocycles. The standard InChI is InChI=1S/C24H28N6S/c1-3-20-14-26-23(31-20)15-28-24(25-4-2)27-13-18-9-11-19(12-10-18)16-30-17-29-21-7-5-6-8-22(21)30/h5-12,14,17H,3-4,13,15-16H2,1-2H3,(H2,25,27,28). The third kappa shape index (κ3) is 5.49. The summed E-state index contributed by atoms with van der Waals surface area (Å²) < 4.78 is 2.18. The minimum Gasteiger partial charge on any atom is -0.357 e. The van der Waals surface area contributed by atoms with Gasteiger partial charge in [-0.15, -0.1) is 11.3 Å². The highest BCUT2D eigenvalue weighted by Gasteiger charge is 2.04. The third-order valence-corrected chi connectivity index (χ3v) is 6.17. The van der Waals surface area contributed by atoms with E-state index in [1.54, 1.807) is 11.3 Å². The van der Waals surface area contributed by atoms with Crippen molar-refractivity contribution < 1.29 is 0 Å². The summed E-state index contributed by atoms with van der Waals surface area (Å²) in [7, 11) is 0. The summed E-state index contributed by atoms with van der Waals surface area (Å²) in [6.45, 7) is 7.17. The molecule has 0 spiro atoms. The maximum Gasteiger partial charge on any atom is 0.191 e. The number of benzene rings is 2. The first-order chi connectivity index (χ1) is 15.2. The van der Waals surface area contributed by atoms with Crippen LogP contribution in [0.2, 0.25) is 0 Å². The van der Waals surface area contributed by atoms with Crippen molar-refractivity contribution in [2.45, 2.75) is 39.9 Å². The van der Waals surface area contributed by atoms with Gasteiger partial charge >= 0.3 is 0 Å². The molecule has 2 aromatic heterocycles. The van der Waals surface area contributed by atoms with Crippen LogP contribution in [0.5, 0.6) is 0 Å². The molecule has 0 saturated carbocycles. The van der Waals surface area contributed by atoms with Crippen molar-refractivity contribution in [2.24, 2.45) is 4.99 Å². The Labute approximate surface area is 187 Å². The van der Waals surface area contributed by atoms with Crippen molar-refractivity contribution in [3.8, 4) is 0 Å². The Morgan fingerprint density at radius 1 is 1.00 bits per heavy atom. The van der Waals surface area contributed by atoms with Crippen LogP contribution in [0.3, 0.4) is 0 Å². The number of para-hydroxylation sites is 2. The number of guanidine groups is 1. The van der Waals surface area contributed by atoms with Gasteiger partial charge in [0, 0.05) is 24.2 Å². The zero-order valence-electron chi connectivity index (χ0n) is 18.0. The molecule has 0 radical (unpaired) electrons. The van der Waals surface area contributed by atoms with E-state index < -0.39 is 0 Å². The van der Waals surface area contributed by atoms with Crippen LogP contribution in [-0.4, -0.2) is 27.0 Å². The Hall–Kier alpha value is -3.19. The number of rotatable bonds is 8. The van der Waals surface area contributed by atoms with Crippen molar-refractivity contribution in [3.63, 3.8) is 0 Å². The lowest BCUT2D eigenvalue weighted by Gasteiger charge is -2.10. The maximum absolute atomic E-state index is 4.73. The van der Waals surface area contributed by atoms with E-state index in [1.807, 2.05) is 24.7 Å². The highest BCUT2D eigenvalue weighted by atomic mass is 32.1. The van der Waals surface area contributed by atoms with Gasteiger partial charge in [0.15, 0.2) is 5.96 Å². The molecule has 0 fully saturated rings. The van der Waals surface area contributed by atoms with E-state index >= 15 is 0 Å². The van der Waals surface area contributed by atoms with E-state index in [9.17, 15) is 0 Å². The second-order valence-electron chi connectivity index (χ2n) is 7.30. The van der Waals surface area contributed by atoms with Gasteiger partial charge in [0.1, 0.15) is 5.01 Å². The number of aromatic nitrogens is 3. The van der Waals surface area contributed by atoms with Crippen LogP contribution in [-0.2, 0) is 26.1 Å². The van der Waals surface area contributed by atoms with Gasteiger partial charge < -0.3 is 15.2 Å². The highest BCUT2D eigenvalue weighted by Crippen LogP contribution is 2.15. The second kappa shape index (κ2) is 10.2. The van der Waals surface area contributed by atoms with Crippen LogP contribution in [0, 0.1) is 0 Å². The fraction of sp³-hybridized carbons (Fsp3) is 0.292. The molecule has 6 nitrogen and oxygen atoms in total. The molecular weight excluding hydrogens is 404 g/mol. The van der Waals surface area contributed by atoms with Crippen LogP contribution in [0.15, 0.2) is 66.0 Å². The van der Waals surface area contributed by atoms with Crippen LogP contribution in [0.25, 0.3) is 11.0 Å². The van der Waals surface area contributed by atoms with Gasteiger partial charge in [-0.3, -0.25) is 0 Å². The summed E-state index contributed by atoms with van der Waals surface area (Å²) in [5, 5.41) is 7.77. The molecule has 31 heavy (non-hydrogen) atoms. The lowest BCUT2D eigenvalue weighted by Crippen LogP contribution is -2.36. The molecule has 0 aliphatic heterocycles. The highest BCUT2D eigenvalue weighted by molar-refractivity contribution is 7.11. The summed E-state index contributed by atoms with van der Waals surface area (Å²) in [5.41, 5.74) is 4.61. The van der Waals surface area contributed by atoms with E-state index in [0.29, 0.717) is 13.1 Å². The summed E-state index contributed by atoms with van der Waals surface area (Å²) in [6, 6.07) is 16.9. The number of thiazole rings is 1. The minimum atomic E-state index is 0.627. The number of nitrogens with one attached hydrogen (secondary N) is 2. The predicted molar refractivity (Wildman–Crippen MR) is 128 cm³/mol. The van der Waals surface area contributed by atoms with Crippen LogP contribution in [0.1, 0.15) is 34.9 Å². The Bertz CT molecular complexity index is 1140. The maximum atomic E-state index is 4.73. The smallest absolute Gasteiger partial charge is 0.191 e. The third-order valence-electron chi connectivity index (χ3n) is 5.02. The first kappa shape index (κ1) is 21.1. The first-order valence-corrected chi connectivity index (χ1v) is 11.5. The molecule has 160 valence electrons. The van der Waals surface area contributed by atoms with Gasteiger partial charge in [0.05, 0.1) is 30.5 Å². The summed E-state index contributed by atoms with van der Waals surface area (Å²) >= 11 is 1.75. The van der Waals surface area contributed by atoms with Gasteiger partial charge in [0.25, 0.3) is 0 Å². The molecule has 0 aliphatic rings. The van der Waals surface area contributed by atoms with Gasteiger partial charge in [-0.25, -0.2) is 15.0 Å². The quantitative estimate of drug-likeness (QED) is 0.321. The van der Waals surface area contributed by atoms with E-state index in [2.05, 4.69) is 75.4 Å². The van der Waals surface area contributed by atoms with E-state index in [1.165, 1.54) is 16.0 Å². The van der Waals surface area contributed by atoms with E-state index in [4.69, 9.17) is 4.99 Å². The zero-order chi connectivity index (χ0) is 21.5. The van der Waals surface area contributed by atoms with Crippen molar-refractivity contribution in [2.75, 3.05) is 6.54 Å². The number of imidazole rings is 1. The SMILES string of the molecule is CCNC(=NCc1ccc(Cn2cnc3ccccc32)cc1)NCc1ncc(CC)s1. The zero-order valence-corrected chi connectivity index (χ0v) is 18.8. The van der Waals surface area contributed by atoms with Crippen molar-refractivity contribution in [3.05, 3.63) is 82.1 Å². The largest absolute Gasteiger partial charge is 0.357 e. The number of fused-ring (bicyclic) bond motifs is 1. The topological polar surface area (TPSA) is 67.1 Å². The number of hydrogen-bond acceptors (Lipinski definition) is 4. The molecule has 0 unspecified atom stereocenters. The molecule has 7 heteroatoms. The van der Waals surface area contributed by atoms with E-state index in [-0.39, 0.29) is 0 Å². The van der Waals surface area contributed by atoms with Crippen LogP contribution in [0.4, 0.5) is 0 Å². The number of aryl methyl sites for hydroxylation is 1. The molecule has 0 amide bonds. The molecule has 0 atom stereocenters. The molecule has 0 aliphatic carbocycles. The first-order valence-electron chi connectivity index (χ1n) is 10.7. The average molecular weight is 433 g/mol. The Morgan fingerprint density at radius 2 is 1.81 bits per heavy atom. The second-order valence-corrected chi connectivity index (χ2v) is 8.50. The molecular formula is C24H28N6S. The summed E-state index contributed by atoms with van der Waals surface area (Å²) in [5.74, 6) is 0.810. The fourth-order valence-corrected chi connectivity index (χ4v) is 4.15. The van der Waals surface area contributed by atoms with Gasteiger partial charge in [-0.05, 0) is 36.6 Å². The van der Waals surface area contributed by atoms with E-state index in [0.717, 1.165) is 41.5 Å². The van der Waals surface area contributed by atoms with Gasteiger partial charge in [-0.2, -0.15) is 0 Å². The molecule has 2 N–H and O–H groups in total. The number of hydrogen-bond donors (Lipinski definition) is 2. The number of aliphatic imine (C=N–C) groups is 1. The van der Waals surface area contributed by atoms with Crippen molar-refractivity contribution in [1.82, 2.24) is 25.2 Å². The number of nitrogens with zero attached hydrogens (tertiary/aromatic N) is 4. The van der Waals surface area contributed by atoms with Crippen LogP contribution >= 0.6 is 11.3 Å². The molecule has 0 bridgehead atoms. The van der Waals surface area contributed by atoms with Crippen molar-refractivity contribution >= 4 is 28.3 Å². The molecule has 4 rings (SSSR count). The monoisotopic (exact) mass is 432 g/mol. The lowest BCUT2D eigenvalue weighted by atomic mass is 10.1. The summed E-state index contributed by atoms with van der Waals surface area (Å²) in [4.78, 5) is 15.0. The Morgan fingerprint density at radius 3 is 2.58 bits per heavy atom. The normalized spacial score (nSPS) is 11.7. The van der Waals surface area contributed by atoms with Crippen molar-refractivity contribution in [1.29, 1.82) is 0 Å². The molecule has 4 aromatic rings. The summed E-state index contributed by atoms with van der Waals surface area (Å²) in [6.07, 6.45) is 4.89. The van der Waals surface area contributed by atoms with Gasteiger partial charge in [-0.1, -0.05) is 43.3 Å². The lowest BCUT2D eigenvalue weighted by molar-refractivity contribution is 0.810. The fourth-order valence-electron chi connectivity index (χ4n) is 3.35. The minimum absolute atomic E-state index is 0.627. The molecule has 0 saturated heterocycles. The molecule has 2 aromatic carbocycles. The Balaban J connectivity index is 1.36. The van der Waals surface area contributed by atoms with Gasteiger partial charge in [0.2, 0.25) is 0 Å². The van der Waals surface area contributed by atoms with Crippen LogP contribution < -0.4 is 10.6 Å². The average Bonchev–Trinajstić information content (AvgIpc) is 3.44. The Kier molecular flexibility index (Phi) is 6.94. The predicted octanol–water partition coefficient (Wildman–Crippen LogP) is 4.36.